The molecule has 5 nitrogen and oxygen atoms in total. The third-order valence-electron chi connectivity index (χ3n) is 3.06. The van der Waals surface area contributed by atoms with Crippen LogP contribution in [0.5, 0.6) is 11.5 Å². The van der Waals surface area contributed by atoms with Gasteiger partial charge in [-0.2, -0.15) is 0 Å². The zero-order chi connectivity index (χ0) is 16.5. The summed E-state index contributed by atoms with van der Waals surface area (Å²) in [5, 5.41) is 2.51. The summed E-state index contributed by atoms with van der Waals surface area (Å²) in [5.74, 6) is 1.24. The molecular weight excluding hydrogens is 292 g/mol. The van der Waals surface area contributed by atoms with Crippen molar-refractivity contribution in [1.82, 2.24) is 5.32 Å². The number of benzene rings is 2. The number of nitrogens with one attached hydrogen (secondary N) is 1. The molecule has 3 N–H and O–H groups in total. The number of carbonyl (C=O) groups excluding carboxylic acids is 1. The minimum Gasteiger partial charge on any atom is -0.490 e. The topological polar surface area (TPSA) is 73.6 Å². The van der Waals surface area contributed by atoms with Gasteiger partial charge in [-0.05, 0) is 35.9 Å². The maximum atomic E-state index is 11.2. The third-order valence-corrected chi connectivity index (χ3v) is 3.06. The summed E-state index contributed by atoms with van der Waals surface area (Å²) in [6, 6.07) is 14.9. The number of hydrogen-bond donors (Lipinski definition) is 2. The van der Waals surface area contributed by atoms with E-state index in [-0.39, 0.29) is 5.91 Å². The van der Waals surface area contributed by atoms with E-state index in [1.807, 2.05) is 36.4 Å². The molecule has 0 aliphatic carbocycles. The lowest BCUT2D eigenvalue weighted by Gasteiger charge is -2.10. The van der Waals surface area contributed by atoms with Gasteiger partial charge in [-0.25, -0.2) is 0 Å². The molecule has 1 amide bonds. The van der Waals surface area contributed by atoms with Gasteiger partial charge in [0.2, 0.25) is 5.91 Å². The van der Waals surface area contributed by atoms with E-state index in [0.717, 1.165) is 11.3 Å². The minimum absolute atomic E-state index is 0.165. The van der Waals surface area contributed by atoms with Gasteiger partial charge < -0.3 is 20.5 Å². The fourth-order valence-electron chi connectivity index (χ4n) is 1.89. The molecule has 2 rings (SSSR count). The van der Waals surface area contributed by atoms with Gasteiger partial charge in [0.1, 0.15) is 24.7 Å². The molecule has 2 aromatic carbocycles. The van der Waals surface area contributed by atoms with Crippen molar-refractivity contribution in [2.45, 2.75) is 0 Å². The van der Waals surface area contributed by atoms with Crippen LogP contribution in [0.2, 0.25) is 0 Å². The number of likely N-dealkylation sites (N-methyl/N-ethyl adjacent to an activating group) is 1. The van der Waals surface area contributed by atoms with E-state index in [0.29, 0.717) is 24.7 Å². The van der Waals surface area contributed by atoms with Gasteiger partial charge in [0.15, 0.2) is 0 Å². The molecule has 0 fully saturated rings. The van der Waals surface area contributed by atoms with Crippen LogP contribution in [-0.4, -0.2) is 26.2 Å². The quantitative estimate of drug-likeness (QED) is 0.468. The number of para-hydroxylation sites is 1. The highest BCUT2D eigenvalue weighted by molar-refractivity contribution is 5.91. The molecule has 0 saturated carbocycles. The van der Waals surface area contributed by atoms with Crippen LogP contribution in [0.15, 0.2) is 54.6 Å². The Balaban J connectivity index is 1.84. The fraction of sp³-hybridized carbons (Fsp3) is 0.167. The van der Waals surface area contributed by atoms with Crippen LogP contribution in [0.25, 0.3) is 6.08 Å². The summed E-state index contributed by atoms with van der Waals surface area (Å²) in [5.41, 5.74) is 7.30. The second-order valence-electron chi connectivity index (χ2n) is 4.75. The number of ether oxygens (including phenoxy) is 2. The Morgan fingerprint density at radius 3 is 2.57 bits per heavy atom. The molecule has 2 aromatic rings. The maximum Gasteiger partial charge on any atom is 0.243 e. The van der Waals surface area contributed by atoms with Crippen LogP contribution in [0.4, 0.5) is 5.69 Å². The molecule has 0 aliphatic heterocycles. The molecule has 0 atom stereocenters. The number of amides is 1. The first-order valence-corrected chi connectivity index (χ1v) is 7.29. The van der Waals surface area contributed by atoms with E-state index >= 15 is 0 Å². The van der Waals surface area contributed by atoms with Crippen molar-refractivity contribution in [3.05, 3.63) is 60.2 Å². The fourth-order valence-corrected chi connectivity index (χ4v) is 1.89. The lowest BCUT2D eigenvalue weighted by atomic mass is 10.1. The average molecular weight is 312 g/mol. The summed E-state index contributed by atoms with van der Waals surface area (Å²) in [7, 11) is 1.58. The van der Waals surface area contributed by atoms with Crippen molar-refractivity contribution < 1.29 is 14.3 Å². The van der Waals surface area contributed by atoms with Crippen molar-refractivity contribution in [3.8, 4) is 11.5 Å². The molecule has 0 saturated heterocycles. The predicted molar refractivity (Wildman–Crippen MR) is 91.4 cm³/mol. The number of nitrogens with two attached hydrogens (primary N) is 1. The number of hydrogen-bond acceptors (Lipinski definition) is 4. The van der Waals surface area contributed by atoms with Gasteiger partial charge in [0.05, 0.1) is 5.69 Å². The van der Waals surface area contributed by atoms with Crippen LogP contribution in [0.3, 0.4) is 0 Å². The number of rotatable bonds is 7. The zero-order valence-electron chi connectivity index (χ0n) is 13.0. The van der Waals surface area contributed by atoms with Crippen molar-refractivity contribution in [2.24, 2.45) is 0 Å². The highest BCUT2D eigenvalue weighted by Crippen LogP contribution is 2.23. The molecule has 120 valence electrons. The highest BCUT2D eigenvalue weighted by atomic mass is 16.5. The standard InChI is InChI=1S/C18H20N2O3/c1-20-18(21)10-8-14-7-9-17(16(19)13-14)23-12-11-22-15-5-3-2-4-6-15/h2-10,13H,11-12,19H2,1H3,(H,20,21)/b10-8-. The highest BCUT2D eigenvalue weighted by Gasteiger charge is 2.02. The summed E-state index contributed by atoms with van der Waals surface area (Å²) in [4.78, 5) is 11.2. The van der Waals surface area contributed by atoms with Crippen molar-refractivity contribution in [3.63, 3.8) is 0 Å². The normalized spacial score (nSPS) is 10.5. The first kappa shape index (κ1) is 16.4. The van der Waals surface area contributed by atoms with Crippen LogP contribution >= 0.6 is 0 Å². The number of carbonyl (C=O) groups is 1. The number of nitrogen functional groups attached to an aromatic ring is 1. The van der Waals surface area contributed by atoms with E-state index in [2.05, 4.69) is 5.32 Å². The van der Waals surface area contributed by atoms with E-state index in [4.69, 9.17) is 15.2 Å². The molecule has 0 heterocycles. The van der Waals surface area contributed by atoms with E-state index < -0.39 is 0 Å². The lowest BCUT2D eigenvalue weighted by molar-refractivity contribution is -0.115. The molecule has 0 spiro atoms. The van der Waals surface area contributed by atoms with E-state index in [9.17, 15) is 4.79 Å². The Morgan fingerprint density at radius 1 is 1.13 bits per heavy atom. The van der Waals surface area contributed by atoms with Gasteiger partial charge in [-0.1, -0.05) is 24.3 Å². The second-order valence-corrected chi connectivity index (χ2v) is 4.75. The lowest BCUT2D eigenvalue weighted by Crippen LogP contribution is -2.13. The molecule has 0 bridgehead atoms. The Morgan fingerprint density at radius 2 is 1.87 bits per heavy atom. The third kappa shape index (κ3) is 5.39. The summed E-state index contributed by atoms with van der Waals surface area (Å²) in [6.07, 6.45) is 3.14. The van der Waals surface area contributed by atoms with Crippen LogP contribution < -0.4 is 20.5 Å². The Hall–Kier alpha value is -2.95. The Bertz CT molecular complexity index is 669. The SMILES string of the molecule is CNC(=O)/C=C\c1ccc(OCCOc2ccccc2)c(N)c1. The maximum absolute atomic E-state index is 11.2. The molecule has 0 radical (unpaired) electrons. The smallest absolute Gasteiger partial charge is 0.243 e. The average Bonchev–Trinajstić information content (AvgIpc) is 2.58. The monoisotopic (exact) mass is 312 g/mol. The van der Waals surface area contributed by atoms with Gasteiger partial charge in [0.25, 0.3) is 0 Å². The largest absolute Gasteiger partial charge is 0.490 e. The molecule has 0 aliphatic rings. The van der Waals surface area contributed by atoms with E-state index in [1.165, 1.54) is 6.08 Å². The summed E-state index contributed by atoms with van der Waals surface area (Å²) in [6.45, 7) is 0.828. The molecular formula is C18H20N2O3. The molecule has 5 heteroatoms. The van der Waals surface area contributed by atoms with Crippen LogP contribution in [0.1, 0.15) is 5.56 Å². The summed E-state index contributed by atoms with van der Waals surface area (Å²) >= 11 is 0. The van der Waals surface area contributed by atoms with Crippen LogP contribution in [-0.2, 0) is 4.79 Å². The predicted octanol–water partition coefficient (Wildman–Crippen LogP) is 2.49. The summed E-state index contributed by atoms with van der Waals surface area (Å²) < 4.78 is 11.2. The van der Waals surface area contributed by atoms with Crippen LogP contribution in [0, 0.1) is 0 Å². The van der Waals surface area contributed by atoms with Crippen molar-refractivity contribution in [1.29, 1.82) is 0 Å². The first-order chi connectivity index (χ1) is 11.2. The minimum atomic E-state index is -0.165. The second kappa shape index (κ2) is 8.48. The molecule has 0 unspecified atom stereocenters. The van der Waals surface area contributed by atoms with Gasteiger partial charge in [-0.15, -0.1) is 0 Å². The van der Waals surface area contributed by atoms with Gasteiger partial charge >= 0.3 is 0 Å². The Labute approximate surface area is 135 Å². The zero-order valence-corrected chi connectivity index (χ0v) is 13.0. The van der Waals surface area contributed by atoms with Crippen molar-refractivity contribution >= 4 is 17.7 Å². The van der Waals surface area contributed by atoms with E-state index in [1.54, 1.807) is 25.3 Å². The number of anilines is 1. The van der Waals surface area contributed by atoms with Gasteiger partial charge in [0, 0.05) is 13.1 Å². The van der Waals surface area contributed by atoms with Crippen molar-refractivity contribution in [2.75, 3.05) is 26.0 Å². The molecule has 0 aromatic heterocycles. The molecule has 23 heavy (non-hydrogen) atoms. The van der Waals surface area contributed by atoms with Gasteiger partial charge in [-0.3, -0.25) is 4.79 Å². The Kier molecular flexibility index (Phi) is 6.06. The first-order valence-electron chi connectivity index (χ1n) is 7.29.